The number of hydrogen-bond donors (Lipinski definition) is 0. The van der Waals surface area contributed by atoms with Crippen LogP contribution in [0, 0.1) is 0 Å². The van der Waals surface area contributed by atoms with Gasteiger partial charge in [0.25, 0.3) is 0 Å². The van der Waals surface area contributed by atoms with Crippen molar-refractivity contribution in [3.8, 4) is 11.1 Å². The summed E-state index contributed by atoms with van der Waals surface area (Å²) in [5.41, 5.74) is 8.10. The zero-order valence-electron chi connectivity index (χ0n) is 24.0. The normalized spacial score (nSPS) is 14.7. The molecule has 0 aliphatic carbocycles. The zero-order valence-corrected chi connectivity index (χ0v) is 24.8. The van der Waals surface area contributed by atoms with Gasteiger partial charge in [-0.05, 0) is 56.4 Å². The van der Waals surface area contributed by atoms with Crippen molar-refractivity contribution < 1.29 is 0 Å². The molecule has 204 valence electrons. The largest absolute Gasteiger partial charge is 0.277 e. The van der Waals surface area contributed by atoms with Gasteiger partial charge in [0, 0.05) is 42.3 Å². The molecular formula is C40H28N2S. The summed E-state index contributed by atoms with van der Waals surface area (Å²) in [7, 11) is -1.97. The van der Waals surface area contributed by atoms with Crippen LogP contribution in [0.1, 0.15) is 13.8 Å². The van der Waals surface area contributed by atoms with E-state index < -0.39 is 10.4 Å². The van der Waals surface area contributed by atoms with E-state index in [-0.39, 0.29) is 0 Å². The molecule has 3 heteroatoms. The molecule has 4 heterocycles. The van der Waals surface area contributed by atoms with Gasteiger partial charge >= 0.3 is 0 Å². The lowest BCUT2D eigenvalue weighted by atomic mass is 9.98. The van der Waals surface area contributed by atoms with Crippen LogP contribution in [0.5, 0.6) is 0 Å². The molecule has 0 saturated heterocycles. The number of fused-ring (bicyclic) bond motifs is 15. The molecule has 2 nitrogen and oxygen atoms in total. The van der Waals surface area contributed by atoms with Gasteiger partial charge in [-0.25, -0.2) is 0 Å². The first-order chi connectivity index (χ1) is 21.4. The van der Waals surface area contributed by atoms with E-state index in [1.807, 2.05) is 13.8 Å². The number of para-hydroxylation sites is 2. The molecule has 1 spiro atoms. The SMILES string of the molecule is CC.c1ccc2c(c1)-c1c(ccc3ccccc13)S21n2c3ccccc3c3ccc4ccc5c6ccccc6n1c5c4c32. The van der Waals surface area contributed by atoms with Crippen molar-refractivity contribution in [2.75, 3.05) is 0 Å². The lowest BCUT2D eigenvalue weighted by molar-refractivity contribution is 1.20. The summed E-state index contributed by atoms with van der Waals surface area (Å²) in [4.78, 5) is 2.84. The molecule has 0 atom stereocenters. The van der Waals surface area contributed by atoms with Gasteiger partial charge in [0.15, 0.2) is 0 Å². The second kappa shape index (κ2) is 8.09. The third-order valence-electron chi connectivity index (χ3n) is 9.55. The molecule has 0 N–H and O–H groups in total. The van der Waals surface area contributed by atoms with E-state index in [9.17, 15) is 0 Å². The highest BCUT2D eigenvalue weighted by Crippen LogP contribution is 2.77. The quantitative estimate of drug-likeness (QED) is 0.172. The zero-order chi connectivity index (χ0) is 28.4. The van der Waals surface area contributed by atoms with Crippen molar-refractivity contribution in [3.63, 3.8) is 0 Å². The van der Waals surface area contributed by atoms with Crippen LogP contribution in [0.4, 0.5) is 0 Å². The Bertz CT molecular complexity index is 2540. The lowest BCUT2D eigenvalue weighted by Crippen LogP contribution is -2.20. The molecule has 0 amide bonds. The standard InChI is InChI=1S/C38H22N2S.C2H6/c1-2-10-25-23(9-1)19-22-34-36(25)30-13-5-8-16-33(30)41(34)39-31-14-6-3-11-26(31)28-20-17-24-18-21-29-27-12-4-7-15-32(27)40(41)38(29)35(24)37(28)39;1-2/h1-22H;1-2H3. The summed E-state index contributed by atoms with van der Waals surface area (Å²) in [6.45, 7) is 4.00. The van der Waals surface area contributed by atoms with Gasteiger partial charge in [-0.15, -0.1) is 0 Å². The highest BCUT2D eigenvalue weighted by atomic mass is 32.3. The molecule has 0 fully saturated rings. The maximum Gasteiger partial charge on any atom is 0.0710 e. The van der Waals surface area contributed by atoms with E-state index in [0.29, 0.717) is 0 Å². The molecule has 0 bridgehead atoms. The van der Waals surface area contributed by atoms with Crippen LogP contribution >= 0.6 is 10.4 Å². The number of hydrogen-bond acceptors (Lipinski definition) is 0. The predicted molar refractivity (Wildman–Crippen MR) is 186 cm³/mol. The highest BCUT2D eigenvalue weighted by molar-refractivity contribution is 8.32. The van der Waals surface area contributed by atoms with E-state index in [4.69, 9.17) is 0 Å². The Labute approximate surface area is 251 Å². The number of benzene rings is 7. The minimum absolute atomic E-state index is 1.29. The smallest absolute Gasteiger partial charge is 0.0710 e. The third kappa shape index (κ3) is 2.53. The summed E-state index contributed by atoms with van der Waals surface area (Å²) >= 11 is 0. The molecule has 0 unspecified atom stereocenters. The Morgan fingerprint density at radius 1 is 0.419 bits per heavy atom. The van der Waals surface area contributed by atoms with Crippen LogP contribution in [-0.2, 0) is 0 Å². The summed E-state index contributed by atoms with van der Waals surface area (Å²) < 4.78 is 5.55. The van der Waals surface area contributed by atoms with Gasteiger partial charge in [0.1, 0.15) is 0 Å². The fourth-order valence-corrected chi connectivity index (χ4v) is 12.6. The van der Waals surface area contributed by atoms with E-state index >= 15 is 0 Å². The predicted octanol–water partition coefficient (Wildman–Crippen LogP) is 11.7. The van der Waals surface area contributed by atoms with Crippen molar-refractivity contribution in [3.05, 3.63) is 133 Å². The maximum atomic E-state index is 2.78. The van der Waals surface area contributed by atoms with Crippen molar-refractivity contribution in [2.24, 2.45) is 0 Å². The Balaban J connectivity index is 0.00000121. The molecule has 9 aromatic rings. The van der Waals surface area contributed by atoms with Crippen LogP contribution < -0.4 is 0 Å². The number of rotatable bonds is 0. The first kappa shape index (κ1) is 23.6. The molecular weight excluding hydrogens is 541 g/mol. The van der Waals surface area contributed by atoms with Crippen LogP contribution in [0.15, 0.2) is 143 Å². The van der Waals surface area contributed by atoms with Crippen molar-refractivity contribution >= 4 is 75.6 Å². The monoisotopic (exact) mass is 568 g/mol. The summed E-state index contributed by atoms with van der Waals surface area (Å²) in [5.74, 6) is 0. The fraction of sp³-hybridized carbons (Fsp3) is 0.0500. The molecule has 0 saturated carbocycles. The molecule has 2 aliphatic rings. The van der Waals surface area contributed by atoms with Gasteiger partial charge in [-0.1, -0.05) is 123 Å². The van der Waals surface area contributed by atoms with Gasteiger partial charge in [-0.3, -0.25) is 7.94 Å². The van der Waals surface area contributed by atoms with Crippen LogP contribution in [-0.4, -0.2) is 7.94 Å². The van der Waals surface area contributed by atoms with Gasteiger partial charge < -0.3 is 0 Å². The maximum absolute atomic E-state index is 2.78. The van der Waals surface area contributed by atoms with Crippen LogP contribution in [0.2, 0.25) is 0 Å². The molecule has 2 aromatic heterocycles. The van der Waals surface area contributed by atoms with Gasteiger partial charge in [0.2, 0.25) is 0 Å². The Hall–Kier alpha value is -4.99. The van der Waals surface area contributed by atoms with Gasteiger partial charge in [-0.2, -0.15) is 0 Å². The summed E-state index contributed by atoms with van der Waals surface area (Å²) in [6.07, 6.45) is 0. The minimum atomic E-state index is -1.97. The van der Waals surface area contributed by atoms with Gasteiger partial charge in [0.05, 0.1) is 22.1 Å². The first-order valence-corrected chi connectivity index (χ1v) is 16.8. The first-order valence-electron chi connectivity index (χ1n) is 15.2. The Morgan fingerprint density at radius 3 is 1.63 bits per heavy atom. The second-order valence-corrected chi connectivity index (χ2v) is 14.1. The van der Waals surface area contributed by atoms with Crippen molar-refractivity contribution in [1.82, 2.24) is 7.94 Å². The Morgan fingerprint density at radius 2 is 0.953 bits per heavy atom. The third-order valence-corrected chi connectivity index (χ3v) is 13.3. The summed E-state index contributed by atoms with van der Waals surface area (Å²) in [5, 5.41) is 10.6. The average molecular weight is 569 g/mol. The average Bonchev–Trinajstić information content (AvgIpc) is 3.71. The van der Waals surface area contributed by atoms with E-state index in [0.717, 1.165) is 0 Å². The van der Waals surface area contributed by atoms with Crippen LogP contribution in [0.3, 0.4) is 0 Å². The fourth-order valence-electron chi connectivity index (χ4n) is 8.07. The van der Waals surface area contributed by atoms with E-state index in [1.165, 1.54) is 86.1 Å². The minimum Gasteiger partial charge on any atom is -0.277 e. The van der Waals surface area contributed by atoms with E-state index in [2.05, 4.69) is 141 Å². The molecule has 0 radical (unpaired) electrons. The molecule has 2 aliphatic heterocycles. The lowest BCUT2D eigenvalue weighted by Gasteiger charge is -2.45. The van der Waals surface area contributed by atoms with Crippen molar-refractivity contribution in [1.29, 1.82) is 0 Å². The number of nitrogens with zero attached hydrogens (tertiary/aromatic N) is 2. The Kier molecular flexibility index (Phi) is 4.43. The highest BCUT2D eigenvalue weighted by Gasteiger charge is 2.48. The molecule has 7 aromatic carbocycles. The summed E-state index contributed by atoms with van der Waals surface area (Å²) in [6, 6.07) is 50.4. The number of aromatic nitrogens is 2. The van der Waals surface area contributed by atoms with E-state index in [1.54, 1.807) is 0 Å². The second-order valence-electron chi connectivity index (χ2n) is 11.3. The van der Waals surface area contributed by atoms with Crippen molar-refractivity contribution in [2.45, 2.75) is 23.6 Å². The topological polar surface area (TPSA) is 9.86 Å². The molecule has 43 heavy (non-hydrogen) atoms. The molecule has 11 rings (SSSR count). The van der Waals surface area contributed by atoms with Crippen LogP contribution in [0.25, 0.3) is 76.3 Å².